The van der Waals surface area contributed by atoms with Crippen LogP contribution in [-0.4, -0.2) is 4.57 Å². The van der Waals surface area contributed by atoms with Crippen molar-refractivity contribution in [2.75, 3.05) is 0 Å². The van der Waals surface area contributed by atoms with Crippen LogP contribution in [0.4, 0.5) is 0 Å². The summed E-state index contributed by atoms with van der Waals surface area (Å²) in [6.45, 7) is 0.931. The van der Waals surface area contributed by atoms with Gasteiger partial charge in [0.25, 0.3) is 0 Å². The Morgan fingerprint density at radius 2 is 2.00 bits per heavy atom. The van der Waals surface area contributed by atoms with E-state index in [9.17, 15) is 0 Å². The fraction of sp³-hybridized carbons (Fsp3) is 0.300. The molecule has 0 bridgehead atoms. The zero-order valence-corrected chi connectivity index (χ0v) is 15.0. The molecule has 24 heavy (non-hydrogen) atoms. The molecule has 3 aromatic rings. The maximum Gasteiger partial charge on any atom is 0.104 e. The molecule has 1 aliphatic heterocycles. The molecular formula is C20H19ClN2S. The molecule has 0 radical (unpaired) electrons. The first-order valence-corrected chi connectivity index (χ1v) is 9.80. The second kappa shape index (κ2) is 5.76. The van der Waals surface area contributed by atoms with E-state index >= 15 is 0 Å². The number of hydrogen-bond acceptors (Lipinski definition) is 2. The van der Waals surface area contributed by atoms with Gasteiger partial charge in [0, 0.05) is 33.9 Å². The van der Waals surface area contributed by atoms with Crippen molar-refractivity contribution < 1.29 is 0 Å². The van der Waals surface area contributed by atoms with Gasteiger partial charge in [0.05, 0.1) is 6.04 Å². The Kier molecular flexibility index (Phi) is 3.55. The van der Waals surface area contributed by atoms with E-state index in [1.807, 2.05) is 23.5 Å². The number of benzene rings is 1. The summed E-state index contributed by atoms with van der Waals surface area (Å²) in [6.07, 6.45) is 7.36. The number of thiophene rings is 1. The van der Waals surface area contributed by atoms with Gasteiger partial charge in [-0.3, -0.25) is 0 Å². The third-order valence-electron chi connectivity index (χ3n) is 5.22. The van der Waals surface area contributed by atoms with Gasteiger partial charge in [-0.2, -0.15) is 0 Å². The summed E-state index contributed by atoms with van der Waals surface area (Å²) in [5, 5.41) is 6.00. The predicted octanol–water partition coefficient (Wildman–Crippen LogP) is 5.26. The van der Waals surface area contributed by atoms with Gasteiger partial charge in [-0.15, -0.1) is 11.3 Å². The molecule has 0 saturated carbocycles. The molecule has 0 amide bonds. The summed E-state index contributed by atoms with van der Waals surface area (Å²) in [5.41, 5.74) is 5.65. The third-order valence-corrected chi connectivity index (χ3v) is 6.79. The minimum Gasteiger partial charge on any atom is -0.310 e. The van der Waals surface area contributed by atoms with E-state index in [2.05, 4.69) is 40.3 Å². The highest BCUT2D eigenvalue weighted by Crippen LogP contribution is 2.40. The van der Waals surface area contributed by atoms with E-state index in [0.29, 0.717) is 0 Å². The fourth-order valence-electron chi connectivity index (χ4n) is 4.09. The SMILES string of the molecule is Clc1cccc([C@H]2NCc3c(sc4c3CCCC4)-n3cccc32)c1. The van der Waals surface area contributed by atoms with Crippen LogP contribution in [0.1, 0.15) is 46.1 Å². The van der Waals surface area contributed by atoms with Gasteiger partial charge < -0.3 is 9.88 Å². The molecule has 1 aromatic carbocycles. The monoisotopic (exact) mass is 354 g/mol. The van der Waals surface area contributed by atoms with Crippen molar-refractivity contribution >= 4 is 22.9 Å². The van der Waals surface area contributed by atoms with Crippen LogP contribution in [0, 0.1) is 0 Å². The molecule has 1 atom stereocenters. The van der Waals surface area contributed by atoms with Gasteiger partial charge in [0.15, 0.2) is 0 Å². The van der Waals surface area contributed by atoms with Crippen molar-refractivity contribution in [3.8, 4) is 5.00 Å². The summed E-state index contributed by atoms with van der Waals surface area (Å²) >= 11 is 8.23. The van der Waals surface area contributed by atoms with Crippen LogP contribution in [0.15, 0.2) is 42.6 Å². The maximum absolute atomic E-state index is 6.24. The first kappa shape index (κ1) is 14.8. The van der Waals surface area contributed by atoms with Crippen molar-refractivity contribution in [1.29, 1.82) is 0 Å². The highest BCUT2D eigenvalue weighted by atomic mass is 35.5. The topological polar surface area (TPSA) is 17.0 Å². The van der Waals surface area contributed by atoms with E-state index in [-0.39, 0.29) is 6.04 Å². The van der Waals surface area contributed by atoms with Crippen LogP contribution < -0.4 is 5.32 Å². The molecule has 3 heterocycles. The number of hydrogen-bond donors (Lipinski definition) is 1. The van der Waals surface area contributed by atoms with Crippen LogP contribution in [0.25, 0.3) is 5.00 Å². The van der Waals surface area contributed by atoms with Crippen LogP contribution in [0.3, 0.4) is 0 Å². The minimum atomic E-state index is 0.178. The fourth-order valence-corrected chi connectivity index (χ4v) is 5.70. The van der Waals surface area contributed by atoms with Crippen molar-refractivity contribution in [3.63, 3.8) is 0 Å². The molecule has 0 spiro atoms. The molecule has 0 saturated heterocycles. The van der Waals surface area contributed by atoms with Crippen molar-refractivity contribution in [2.24, 2.45) is 0 Å². The molecule has 122 valence electrons. The van der Waals surface area contributed by atoms with Gasteiger partial charge in [-0.05, 0) is 61.1 Å². The lowest BCUT2D eigenvalue weighted by molar-refractivity contribution is 0.595. The molecule has 5 rings (SSSR count). The second-order valence-electron chi connectivity index (χ2n) is 6.67. The second-order valence-corrected chi connectivity index (χ2v) is 8.19. The van der Waals surface area contributed by atoms with Crippen molar-refractivity contribution in [2.45, 2.75) is 38.3 Å². The number of halogens is 1. The largest absolute Gasteiger partial charge is 0.310 e. The molecule has 0 fully saturated rings. The zero-order chi connectivity index (χ0) is 16.1. The number of nitrogens with one attached hydrogen (secondary N) is 1. The van der Waals surface area contributed by atoms with Gasteiger partial charge in [-0.1, -0.05) is 23.7 Å². The quantitative estimate of drug-likeness (QED) is 0.630. The minimum absolute atomic E-state index is 0.178. The summed E-state index contributed by atoms with van der Waals surface area (Å²) in [5.74, 6) is 0. The highest BCUT2D eigenvalue weighted by molar-refractivity contribution is 7.15. The number of fused-ring (bicyclic) bond motifs is 5. The lowest BCUT2D eigenvalue weighted by Crippen LogP contribution is -2.21. The number of rotatable bonds is 1. The average molecular weight is 355 g/mol. The Bertz CT molecular complexity index is 908. The lowest BCUT2D eigenvalue weighted by atomic mass is 9.95. The van der Waals surface area contributed by atoms with Crippen molar-refractivity contribution in [1.82, 2.24) is 9.88 Å². The highest BCUT2D eigenvalue weighted by Gasteiger charge is 2.28. The summed E-state index contributed by atoms with van der Waals surface area (Å²) in [4.78, 5) is 1.61. The number of nitrogens with zero attached hydrogens (tertiary/aromatic N) is 1. The molecule has 2 aromatic heterocycles. The molecule has 1 aliphatic carbocycles. The van der Waals surface area contributed by atoms with E-state index in [1.165, 1.54) is 47.5 Å². The standard InChI is InChI=1S/C20H19ClN2S/c21-14-6-3-5-13(11-14)19-17-8-4-10-23(17)20-16(12-22-19)15-7-1-2-9-18(15)24-20/h3-6,8,10-11,19,22H,1-2,7,9,12H2/t19-/m1/s1. The molecule has 4 heteroatoms. The Labute approximate surface area is 151 Å². The first-order valence-electron chi connectivity index (χ1n) is 8.61. The zero-order valence-electron chi connectivity index (χ0n) is 13.4. The molecule has 2 aliphatic rings. The van der Waals surface area contributed by atoms with E-state index in [4.69, 9.17) is 11.6 Å². The molecule has 0 unspecified atom stereocenters. The van der Waals surface area contributed by atoms with Crippen LogP contribution in [-0.2, 0) is 19.4 Å². The Hall–Kier alpha value is -1.55. The van der Waals surface area contributed by atoms with E-state index in [0.717, 1.165) is 11.6 Å². The number of aryl methyl sites for hydroxylation is 1. The Morgan fingerprint density at radius 1 is 1.08 bits per heavy atom. The third kappa shape index (κ3) is 2.26. The first-order chi connectivity index (χ1) is 11.8. The van der Waals surface area contributed by atoms with Gasteiger partial charge >= 0.3 is 0 Å². The Balaban J connectivity index is 1.65. The van der Waals surface area contributed by atoms with Gasteiger partial charge in [0.2, 0.25) is 0 Å². The van der Waals surface area contributed by atoms with Crippen LogP contribution >= 0.6 is 22.9 Å². The maximum atomic E-state index is 6.24. The van der Waals surface area contributed by atoms with Crippen LogP contribution in [0.5, 0.6) is 0 Å². The predicted molar refractivity (Wildman–Crippen MR) is 100 cm³/mol. The van der Waals surface area contributed by atoms with Gasteiger partial charge in [-0.25, -0.2) is 0 Å². The normalized spacial score (nSPS) is 19.3. The summed E-state index contributed by atoms with van der Waals surface area (Å²) in [7, 11) is 0. The van der Waals surface area contributed by atoms with E-state index in [1.54, 1.807) is 10.4 Å². The molecule has 2 nitrogen and oxygen atoms in total. The van der Waals surface area contributed by atoms with Gasteiger partial charge in [0.1, 0.15) is 5.00 Å². The average Bonchev–Trinajstić information content (AvgIpc) is 3.17. The van der Waals surface area contributed by atoms with Crippen LogP contribution in [0.2, 0.25) is 5.02 Å². The smallest absolute Gasteiger partial charge is 0.104 e. The number of aromatic nitrogens is 1. The Morgan fingerprint density at radius 3 is 2.92 bits per heavy atom. The molecule has 1 N–H and O–H groups in total. The summed E-state index contributed by atoms with van der Waals surface area (Å²) < 4.78 is 2.39. The summed E-state index contributed by atoms with van der Waals surface area (Å²) in [6, 6.07) is 12.8. The molecular weight excluding hydrogens is 336 g/mol. The van der Waals surface area contributed by atoms with Crippen molar-refractivity contribution in [3.05, 3.63) is 74.9 Å². The lowest BCUT2D eigenvalue weighted by Gasteiger charge is -2.19. The van der Waals surface area contributed by atoms with E-state index < -0.39 is 0 Å².